The average molecular weight is 244 g/mol. The highest BCUT2D eigenvalue weighted by Gasteiger charge is 2.37. The first-order valence-electron chi connectivity index (χ1n) is 6.72. The van der Waals surface area contributed by atoms with E-state index in [9.17, 15) is 0 Å². The van der Waals surface area contributed by atoms with Crippen LogP contribution >= 0.6 is 0 Å². The molecule has 2 saturated heterocycles. The Morgan fingerprint density at radius 2 is 2.39 bits per heavy atom. The van der Waals surface area contributed by atoms with Gasteiger partial charge in [-0.3, -0.25) is 4.98 Å². The number of aromatic nitrogens is 1. The fourth-order valence-corrected chi connectivity index (χ4v) is 3.16. The summed E-state index contributed by atoms with van der Waals surface area (Å²) in [6.45, 7) is 0.629. The van der Waals surface area contributed by atoms with Crippen molar-refractivity contribution in [2.24, 2.45) is 5.92 Å². The summed E-state index contributed by atoms with van der Waals surface area (Å²) in [7, 11) is 1.71. The van der Waals surface area contributed by atoms with Crippen molar-refractivity contribution >= 4 is 6.08 Å². The van der Waals surface area contributed by atoms with Crippen LogP contribution in [-0.4, -0.2) is 24.2 Å². The summed E-state index contributed by atoms with van der Waals surface area (Å²) in [5, 5.41) is 3.66. The maximum absolute atomic E-state index is 5.13. The van der Waals surface area contributed by atoms with Crippen LogP contribution in [0.2, 0.25) is 0 Å². The fourth-order valence-electron chi connectivity index (χ4n) is 3.16. The van der Waals surface area contributed by atoms with E-state index >= 15 is 0 Å². The molecule has 2 aliphatic rings. The van der Waals surface area contributed by atoms with Crippen molar-refractivity contribution in [1.29, 1.82) is 0 Å². The summed E-state index contributed by atoms with van der Waals surface area (Å²) in [6.07, 6.45) is 12.3. The lowest BCUT2D eigenvalue weighted by Crippen LogP contribution is -2.21. The highest BCUT2D eigenvalue weighted by Crippen LogP contribution is 2.34. The number of fused-ring (bicyclic) bond motifs is 2. The lowest BCUT2D eigenvalue weighted by molar-refractivity contribution is 0.184. The molecule has 3 heteroatoms. The van der Waals surface area contributed by atoms with E-state index < -0.39 is 0 Å². The number of pyridine rings is 1. The SMILES string of the molecule is COCc1cncc(C=CC2CC3CCC2N3)c1. The molecule has 3 unspecified atom stereocenters. The van der Waals surface area contributed by atoms with Crippen LogP contribution in [0, 0.1) is 5.92 Å². The fraction of sp³-hybridized carbons (Fsp3) is 0.533. The van der Waals surface area contributed by atoms with Gasteiger partial charge >= 0.3 is 0 Å². The van der Waals surface area contributed by atoms with E-state index in [1.165, 1.54) is 24.8 Å². The topological polar surface area (TPSA) is 34.1 Å². The molecule has 3 rings (SSSR count). The Morgan fingerprint density at radius 1 is 1.44 bits per heavy atom. The molecule has 0 amide bonds. The van der Waals surface area contributed by atoms with Gasteiger partial charge in [0.25, 0.3) is 0 Å². The highest BCUT2D eigenvalue weighted by atomic mass is 16.5. The molecular weight excluding hydrogens is 224 g/mol. The van der Waals surface area contributed by atoms with Crippen LogP contribution in [0.1, 0.15) is 30.4 Å². The molecule has 0 spiro atoms. The summed E-state index contributed by atoms with van der Waals surface area (Å²) in [4.78, 5) is 4.25. The van der Waals surface area contributed by atoms with Crippen molar-refractivity contribution < 1.29 is 4.74 Å². The first kappa shape index (κ1) is 11.9. The van der Waals surface area contributed by atoms with Crippen LogP contribution in [0.15, 0.2) is 24.5 Å². The van der Waals surface area contributed by atoms with Gasteiger partial charge in [-0.25, -0.2) is 0 Å². The Bertz CT molecular complexity index is 444. The lowest BCUT2D eigenvalue weighted by Gasteiger charge is -2.15. The van der Waals surface area contributed by atoms with Crippen molar-refractivity contribution in [3.05, 3.63) is 35.7 Å². The van der Waals surface area contributed by atoms with Crippen molar-refractivity contribution in [1.82, 2.24) is 10.3 Å². The van der Waals surface area contributed by atoms with Crippen molar-refractivity contribution in [2.75, 3.05) is 7.11 Å². The van der Waals surface area contributed by atoms with E-state index in [1.807, 2.05) is 12.4 Å². The molecule has 0 aliphatic carbocycles. The zero-order chi connectivity index (χ0) is 12.4. The molecule has 3 heterocycles. The quantitative estimate of drug-likeness (QED) is 0.883. The maximum atomic E-state index is 5.13. The number of rotatable bonds is 4. The van der Waals surface area contributed by atoms with Crippen LogP contribution < -0.4 is 5.32 Å². The molecule has 3 nitrogen and oxygen atoms in total. The first-order valence-corrected chi connectivity index (χ1v) is 6.72. The predicted molar refractivity (Wildman–Crippen MR) is 72.0 cm³/mol. The van der Waals surface area contributed by atoms with Gasteiger partial charge in [0.2, 0.25) is 0 Å². The summed E-state index contributed by atoms with van der Waals surface area (Å²) in [5.41, 5.74) is 2.30. The van der Waals surface area contributed by atoms with Crippen molar-refractivity contribution in [3.63, 3.8) is 0 Å². The third-order valence-corrected chi connectivity index (χ3v) is 4.01. The van der Waals surface area contributed by atoms with Crippen LogP contribution in [0.3, 0.4) is 0 Å². The number of nitrogens with one attached hydrogen (secondary N) is 1. The third-order valence-electron chi connectivity index (χ3n) is 4.01. The number of nitrogens with zero attached hydrogens (tertiary/aromatic N) is 1. The molecule has 2 bridgehead atoms. The molecule has 1 aromatic rings. The minimum Gasteiger partial charge on any atom is -0.380 e. The normalized spacial score (nSPS) is 30.4. The number of ether oxygens (including phenoxy) is 1. The molecule has 2 fully saturated rings. The van der Waals surface area contributed by atoms with E-state index in [1.54, 1.807) is 7.11 Å². The Morgan fingerprint density at radius 3 is 3.11 bits per heavy atom. The lowest BCUT2D eigenvalue weighted by atomic mass is 9.88. The Labute approximate surface area is 108 Å². The van der Waals surface area contributed by atoms with E-state index in [2.05, 4.69) is 28.5 Å². The average Bonchev–Trinajstić information content (AvgIpc) is 2.99. The van der Waals surface area contributed by atoms with Gasteiger partial charge in [0, 0.05) is 31.6 Å². The summed E-state index contributed by atoms with van der Waals surface area (Å²) in [6, 6.07) is 3.62. The van der Waals surface area contributed by atoms with Crippen molar-refractivity contribution in [3.8, 4) is 0 Å². The molecule has 3 atom stereocenters. The van der Waals surface area contributed by atoms with Gasteiger partial charge in [-0.1, -0.05) is 12.2 Å². The second kappa shape index (κ2) is 5.21. The maximum Gasteiger partial charge on any atom is 0.0728 e. The molecule has 1 aromatic heterocycles. The summed E-state index contributed by atoms with van der Waals surface area (Å²) >= 11 is 0. The van der Waals surface area contributed by atoms with Crippen LogP contribution in [-0.2, 0) is 11.3 Å². The summed E-state index contributed by atoms with van der Waals surface area (Å²) in [5.74, 6) is 0.704. The van der Waals surface area contributed by atoms with E-state index in [4.69, 9.17) is 4.74 Å². The molecule has 1 N–H and O–H groups in total. The number of hydrogen-bond acceptors (Lipinski definition) is 3. The molecule has 0 radical (unpaired) electrons. The highest BCUT2D eigenvalue weighted by molar-refractivity contribution is 5.49. The van der Waals surface area contributed by atoms with E-state index in [-0.39, 0.29) is 0 Å². The van der Waals surface area contributed by atoms with Crippen molar-refractivity contribution in [2.45, 2.75) is 38.0 Å². The number of methoxy groups -OCH3 is 1. The van der Waals surface area contributed by atoms with E-state index in [0.717, 1.165) is 11.6 Å². The Hall–Kier alpha value is -1.19. The zero-order valence-corrected chi connectivity index (χ0v) is 10.8. The van der Waals surface area contributed by atoms with Gasteiger partial charge in [-0.05, 0) is 42.4 Å². The summed E-state index contributed by atoms with van der Waals surface area (Å²) < 4.78 is 5.13. The molecule has 18 heavy (non-hydrogen) atoms. The number of hydrogen-bond donors (Lipinski definition) is 1. The van der Waals surface area contributed by atoms with Gasteiger partial charge in [-0.2, -0.15) is 0 Å². The smallest absolute Gasteiger partial charge is 0.0728 e. The second-order valence-electron chi connectivity index (χ2n) is 5.37. The Kier molecular flexibility index (Phi) is 3.43. The van der Waals surface area contributed by atoms with Gasteiger partial charge in [0.1, 0.15) is 0 Å². The molecule has 96 valence electrons. The van der Waals surface area contributed by atoms with Gasteiger partial charge in [0.05, 0.1) is 6.61 Å². The molecule has 2 aliphatic heterocycles. The van der Waals surface area contributed by atoms with Crippen LogP contribution in [0.4, 0.5) is 0 Å². The molecular formula is C15H20N2O. The van der Waals surface area contributed by atoms with Gasteiger partial charge < -0.3 is 10.1 Å². The third kappa shape index (κ3) is 2.47. The zero-order valence-electron chi connectivity index (χ0n) is 10.8. The Balaban J connectivity index is 1.66. The predicted octanol–water partition coefficient (Wildman–Crippen LogP) is 2.38. The van der Waals surface area contributed by atoms with Crippen LogP contribution in [0.5, 0.6) is 0 Å². The van der Waals surface area contributed by atoms with Gasteiger partial charge in [-0.15, -0.1) is 0 Å². The minimum atomic E-state index is 0.629. The largest absolute Gasteiger partial charge is 0.380 e. The van der Waals surface area contributed by atoms with Crippen LogP contribution in [0.25, 0.3) is 6.08 Å². The monoisotopic (exact) mass is 244 g/mol. The van der Waals surface area contributed by atoms with Gasteiger partial charge in [0.15, 0.2) is 0 Å². The first-order chi connectivity index (χ1) is 8.85. The molecule has 0 saturated carbocycles. The minimum absolute atomic E-state index is 0.629. The molecule has 0 aromatic carbocycles. The second-order valence-corrected chi connectivity index (χ2v) is 5.37. The standard InChI is InChI=1S/C15H20N2O/c1-18-10-12-6-11(8-16-9-12)2-3-13-7-14-4-5-15(13)17-14/h2-3,6,8-9,13-15,17H,4-5,7,10H2,1H3. The van der Waals surface area contributed by atoms with E-state index in [0.29, 0.717) is 18.6 Å².